The Morgan fingerprint density at radius 1 is 0.931 bits per heavy atom. The maximum Gasteiger partial charge on any atom is 0.223 e. The van der Waals surface area contributed by atoms with Crippen LogP contribution in [0.3, 0.4) is 0 Å². The third-order valence-electron chi connectivity index (χ3n) is 4.63. The van der Waals surface area contributed by atoms with Crippen LogP contribution in [0.15, 0.2) is 65.4 Å². The molecule has 6 heteroatoms. The van der Waals surface area contributed by atoms with Crippen LogP contribution < -0.4 is 10.6 Å². The Morgan fingerprint density at radius 3 is 2.17 bits per heavy atom. The minimum Gasteiger partial charge on any atom is -0.349 e. The van der Waals surface area contributed by atoms with E-state index in [1.165, 1.54) is 6.92 Å². The fourth-order valence-electron chi connectivity index (χ4n) is 3.16. The molecule has 29 heavy (non-hydrogen) atoms. The highest BCUT2D eigenvalue weighted by Crippen LogP contribution is 2.26. The normalized spacial score (nSPS) is 12.8. The first-order chi connectivity index (χ1) is 13.9. The van der Waals surface area contributed by atoms with Crippen LogP contribution in [-0.2, 0) is 9.59 Å². The summed E-state index contributed by atoms with van der Waals surface area (Å²) in [5, 5.41) is 10.6. The smallest absolute Gasteiger partial charge is 0.223 e. The van der Waals surface area contributed by atoms with Gasteiger partial charge in [-0.2, -0.15) is 11.3 Å². The Kier molecular flexibility index (Phi) is 7.07. The number of hydrogen-bond donors (Lipinski definition) is 2. The molecule has 0 aliphatic heterocycles. The molecule has 0 aliphatic carbocycles. The maximum atomic E-state index is 12.9. The van der Waals surface area contributed by atoms with E-state index >= 15 is 0 Å². The zero-order valence-corrected chi connectivity index (χ0v) is 17.9. The Hall–Kier alpha value is -2.63. The quantitative estimate of drug-likeness (QED) is 0.546. The number of carbonyl (C=O) groups excluding carboxylic acids is 2. The van der Waals surface area contributed by atoms with Crippen LogP contribution in [0.1, 0.15) is 47.7 Å². The van der Waals surface area contributed by atoms with Gasteiger partial charge in [-0.3, -0.25) is 9.59 Å². The topological polar surface area (TPSA) is 58.2 Å². The van der Waals surface area contributed by atoms with Crippen LogP contribution in [-0.4, -0.2) is 11.8 Å². The molecule has 2 unspecified atom stereocenters. The number of nitrogens with one attached hydrogen (secondary N) is 2. The first-order valence-corrected chi connectivity index (χ1v) is 10.6. The van der Waals surface area contributed by atoms with Crippen molar-refractivity contribution in [1.29, 1.82) is 0 Å². The zero-order chi connectivity index (χ0) is 20.8. The van der Waals surface area contributed by atoms with E-state index in [2.05, 4.69) is 10.6 Å². The van der Waals surface area contributed by atoms with Crippen LogP contribution in [0.2, 0.25) is 5.02 Å². The van der Waals surface area contributed by atoms with E-state index in [0.29, 0.717) is 5.02 Å². The maximum absolute atomic E-state index is 12.9. The molecule has 2 N–H and O–H groups in total. The molecule has 3 aromatic rings. The largest absolute Gasteiger partial charge is 0.349 e. The van der Waals surface area contributed by atoms with Gasteiger partial charge in [-0.25, -0.2) is 0 Å². The van der Waals surface area contributed by atoms with Crippen LogP contribution in [0, 0.1) is 6.92 Å². The number of thiophene rings is 1. The average Bonchev–Trinajstić information content (AvgIpc) is 3.21. The van der Waals surface area contributed by atoms with E-state index in [-0.39, 0.29) is 30.3 Å². The molecule has 0 bridgehead atoms. The van der Waals surface area contributed by atoms with E-state index in [4.69, 9.17) is 11.6 Å². The summed E-state index contributed by atoms with van der Waals surface area (Å²) in [4.78, 5) is 24.6. The molecule has 4 nitrogen and oxygen atoms in total. The summed E-state index contributed by atoms with van der Waals surface area (Å²) in [6.45, 7) is 3.46. The van der Waals surface area contributed by atoms with Gasteiger partial charge in [0.2, 0.25) is 11.8 Å². The molecular weight excluding hydrogens is 404 g/mol. The van der Waals surface area contributed by atoms with E-state index in [0.717, 1.165) is 22.3 Å². The second-order valence-electron chi connectivity index (χ2n) is 6.98. The summed E-state index contributed by atoms with van der Waals surface area (Å²) in [6.07, 6.45) is 0.150. The molecule has 0 radical (unpaired) electrons. The van der Waals surface area contributed by atoms with Gasteiger partial charge in [-0.15, -0.1) is 0 Å². The van der Waals surface area contributed by atoms with E-state index in [1.54, 1.807) is 11.3 Å². The average molecular weight is 427 g/mol. The molecule has 3 rings (SSSR count). The van der Waals surface area contributed by atoms with Crippen LogP contribution in [0.4, 0.5) is 0 Å². The zero-order valence-electron chi connectivity index (χ0n) is 16.3. The Bertz CT molecular complexity index is 954. The fraction of sp³-hybridized carbons (Fsp3) is 0.217. The van der Waals surface area contributed by atoms with Crippen LogP contribution >= 0.6 is 22.9 Å². The SMILES string of the molecule is CC(=O)NC(CC(=O)NC(c1ccc(Cl)cc1)c1ccsc1)c1ccc(C)cc1. The number of hydrogen-bond acceptors (Lipinski definition) is 3. The standard InChI is InChI=1S/C23H23ClN2O2S/c1-15-3-5-17(6-4-15)21(25-16(2)27)13-22(28)26-23(19-11-12-29-14-19)18-7-9-20(24)10-8-18/h3-12,14,21,23H,13H2,1-2H3,(H,25,27)(H,26,28). The predicted molar refractivity (Wildman–Crippen MR) is 118 cm³/mol. The molecule has 2 atom stereocenters. The van der Waals surface area contributed by atoms with Crippen molar-refractivity contribution in [3.63, 3.8) is 0 Å². The van der Waals surface area contributed by atoms with Crippen molar-refractivity contribution in [2.45, 2.75) is 32.4 Å². The van der Waals surface area contributed by atoms with Gasteiger partial charge in [0.25, 0.3) is 0 Å². The van der Waals surface area contributed by atoms with Crippen molar-refractivity contribution >= 4 is 34.8 Å². The Balaban J connectivity index is 1.79. The highest BCUT2D eigenvalue weighted by molar-refractivity contribution is 7.08. The highest BCUT2D eigenvalue weighted by Gasteiger charge is 2.21. The molecule has 0 saturated carbocycles. The second-order valence-corrected chi connectivity index (χ2v) is 8.19. The van der Waals surface area contributed by atoms with E-state index in [1.807, 2.05) is 72.3 Å². The lowest BCUT2D eigenvalue weighted by atomic mass is 9.99. The minimum atomic E-state index is -0.388. The van der Waals surface area contributed by atoms with Crippen molar-refractivity contribution in [1.82, 2.24) is 10.6 Å². The molecular formula is C23H23ClN2O2S. The van der Waals surface area contributed by atoms with Gasteiger partial charge < -0.3 is 10.6 Å². The number of amides is 2. The molecule has 0 saturated heterocycles. The minimum absolute atomic E-state index is 0.143. The van der Waals surface area contributed by atoms with Crippen LogP contribution in [0.5, 0.6) is 0 Å². The van der Waals surface area contributed by atoms with Crippen molar-refractivity contribution in [3.8, 4) is 0 Å². The van der Waals surface area contributed by atoms with Gasteiger partial charge in [0.1, 0.15) is 0 Å². The highest BCUT2D eigenvalue weighted by atomic mass is 35.5. The number of benzene rings is 2. The summed E-state index contributed by atoms with van der Waals surface area (Å²) in [5.74, 6) is -0.314. The van der Waals surface area contributed by atoms with E-state index in [9.17, 15) is 9.59 Å². The number of aryl methyl sites for hydroxylation is 1. The fourth-order valence-corrected chi connectivity index (χ4v) is 3.97. The molecule has 1 heterocycles. The Morgan fingerprint density at radius 2 is 1.59 bits per heavy atom. The van der Waals surface area contributed by atoms with E-state index < -0.39 is 0 Å². The van der Waals surface area contributed by atoms with Crippen molar-refractivity contribution in [2.75, 3.05) is 0 Å². The number of halogens is 1. The van der Waals surface area contributed by atoms with Gasteiger partial charge in [0.05, 0.1) is 18.5 Å². The molecule has 150 valence electrons. The Labute approximate surface area is 179 Å². The summed E-state index contributed by atoms with van der Waals surface area (Å²) >= 11 is 7.60. The summed E-state index contributed by atoms with van der Waals surface area (Å²) < 4.78 is 0. The number of carbonyl (C=O) groups is 2. The van der Waals surface area contributed by atoms with Gasteiger partial charge in [0.15, 0.2) is 0 Å². The van der Waals surface area contributed by atoms with Crippen molar-refractivity contribution in [2.24, 2.45) is 0 Å². The molecule has 2 amide bonds. The van der Waals surface area contributed by atoms with Crippen LogP contribution in [0.25, 0.3) is 0 Å². The van der Waals surface area contributed by atoms with Gasteiger partial charge >= 0.3 is 0 Å². The van der Waals surface area contributed by atoms with Crippen molar-refractivity contribution in [3.05, 3.63) is 92.6 Å². The van der Waals surface area contributed by atoms with Crippen molar-refractivity contribution < 1.29 is 9.59 Å². The third kappa shape index (κ3) is 5.92. The lowest BCUT2D eigenvalue weighted by Crippen LogP contribution is -2.34. The third-order valence-corrected chi connectivity index (χ3v) is 5.59. The molecule has 2 aromatic carbocycles. The molecule has 1 aromatic heterocycles. The van der Waals surface area contributed by atoms with Gasteiger partial charge in [0, 0.05) is 11.9 Å². The first kappa shape index (κ1) is 21.1. The lowest BCUT2D eigenvalue weighted by Gasteiger charge is -2.22. The summed E-state index contributed by atoms with van der Waals surface area (Å²) in [6, 6.07) is 16.6. The lowest BCUT2D eigenvalue weighted by molar-refractivity contribution is -0.123. The van der Waals surface area contributed by atoms with Gasteiger partial charge in [-0.05, 0) is 52.6 Å². The second kappa shape index (κ2) is 9.72. The number of rotatable bonds is 7. The molecule has 0 fully saturated rings. The first-order valence-electron chi connectivity index (χ1n) is 9.33. The summed E-state index contributed by atoms with van der Waals surface area (Å²) in [5.41, 5.74) is 3.99. The van der Waals surface area contributed by atoms with Gasteiger partial charge in [-0.1, -0.05) is 53.6 Å². The monoisotopic (exact) mass is 426 g/mol. The molecule has 0 spiro atoms. The summed E-state index contributed by atoms with van der Waals surface area (Å²) in [7, 11) is 0. The predicted octanol–water partition coefficient (Wildman–Crippen LogP) is 5.18. The molecule has 0 aliphatic rings.